The highest BCUT2D eigenvalue weighted by atomic mass is 35.5. The molecule has 3 rings (SSSR count). The van der Waals surface area contributed by atoms with Crippen LogP contribution in [0.1, 0.15) is 17.9 Å². The molecule has 2 aromatic rings. The second-order valence-electron chi connectivity index (χ2n) is 4.71. The van der Waals surface area contributed by atoms with Crippen LogP contribution in [0.15, 0.2) is 48.7 Å². The Kier molecular flexibility index (Phi) is 3.22. The largest absolute Gasteiger partial charge is 0.310 e. The van der Waals surface area contributed by atoms with Gasteiger partial charge in [0, 0.05) is 17.1 Å². The fourth-order valence-electron chi connectivity index (χ4n) is 2.25. The van der Waals surface area contributed by atoms with Crippen molar-refractivity contribution in [1.29, 1.82) is 0 Å². The van der Waals surface area contributed by atoms with Gasteiger partial charge >= 0.3 is 0 Å². The van der Waals surface area contributed by atoms with Crippen molar-refractivity contribution < 1.29 is 4.79 Å². The molecule has 0 saturated heterocycles. The van der Waals surface area contributed by atoms with Gasteiger partial charge in [-0.25, -0.2) is 4.98 Å². The number of halogens is 1. The first-order chi connectivity index (χ1) is 9.24. The fourth-order valence-corrected chi connectivity index (χ4v) is 2.41. The van der Waals surface area contributed by atoms with Crippen LogP contribution in [0.25, 0.3) is 0 Å². The second kappa shape index (κ2) is 5.02. The summed E-state index contributed by atoms with van der Waals surface area (Å²) in [5, 5.41) is 3.38. The van der Waals surface area contributed by atoms with Gasteiger partial charge < -0.3 is 5.32 Å². The zero-order chi connectivity index (χ0) is 13.2. The van der Waals surface area contributed by atoms with Gasteiger partial charge in [0.15, 0.2) is 0 Å². The van der Waals surface area contributed by atoms with Crippen molar-refractivity contribution in [2.45, 2.75) is 12.3 Å². The first kappa shape index (κ1) is 12.2. The summed E-state index contributed by atoms with van der Waals surface area (Å²) in [5.74, 6) is 0.906. The van der Waals surface area contributed by atoms with Gasteiger partial charge in [0.25, 0.3) is 0 Å². The molecule has 1 N–H and O–H groups in total. The second-order valence-corrected chi connectivity index (χ2v) is 5.14. The number of anilines is 1. The first-order valence-corrected chi connectivity index (χ1v) is 6.59. The zero-order valence-electron chi connectivity index (χ0n) is 10.2. The molecule has 1 heterocycles. The molecule has 19 heavy (non-hydrogen) atoms. The van der Waals surface area contributed by atoms with Crippen molar-refractivity contribution in [1.82, 2.24) is 4.98 Å². The minimum atomic E-state index is 0.0172. The molecular weight excluding hydrogens is 260 g/mol. The Bertz CT molecular complexity index is 600. The van der Waals surface area contributed by atoms with Crippen molar-refractivity contribution in [3.63, 3.8) is 0 Å². The van der Waals surface area contributed by atoms with E-state index in [2.05, 4.69) is 22.4 Å². The molecule has 3 nitrogen and oxygen atoms in total. The number of pyridine rings is 1. The topological polar surface area (TPSA) is 42.0 Å². The van der Waals surface area contributed by atoms with Crippen LogP contribution in [0.3, 0.4) is 0 Å². The molecule has 1 fully saturated rings. The lowest BCUT2D eigenvalue weighted by Crippen LogP contribution is -2.15. The Morgan fingerprint density at radius 2 is 2.05 bits per heavy atom. The maximum atomic E-state index is 12.1. The Morgan fingerprint density at radius 1 is 1.26 bits per heavy atom. The summed E-state index contributed by atoms with van der Waals surface area (Å²) in [6.45, 7) is 0. The molecule has 1 amide bonds. The number of amides is 1. The number of nitrogens with one attached hydrogen (secondary N) is 1. The lowest BCUT2D eigenvalue weighted by Gasteiger charge is -2.04. The number of hydrogen-bond acceptors (Lipinski definition) is 2. The summed E-state index contributed by atoms with van der Waals surface area (Å²) in [4.78, 5) is 16.1. The predicted molar refractivity (Wildman–Crippen MR) is 75.2 cm³/mol. The molecule has 96 valence electrons. The van der Waals surface area contributed by atoms with Crippen molar-refractivity contribution >= 4 is 23.3 Å². The van der Waals surface area contributed by atoms with Crippen LogP contribution in [0.2, 0.25) is 5.02 Å². The smallest absolute Gasteiger partial charge is 0.229 e. The molecule has 1 aliphatic carbocycles. The van der Waals surface area contributed by atoms with E-state index in [4.69, 9.17) is 11.6 Å². The van der Waals surface area contributed by atoms with Gasteiger partial charge in [-0.3, -0.25) is 4.79 Å². The van der Waals surface area contributed by atoms with Gasteiger partial charge in [0.2, 0.25) is 5.91 Å². The van der Waals surface area contributed by atoms with Gasteiger partial charge in [-0.15, -0.1) is 0 Å². The van der Waals surface area contributed by atoms with Crippen LogP contribution in [-0.4, -0.2) is 10.9 Å². The first-order valence-electron chi connectivity index (χ1n) is 6.21. The van der Waals surface area contributed by atoms with Crippen molar-refractivity contribution in [2.75, 3.05) is 5.32 Å². The summed E-state index contributed by atoms with van der Waals surface area (Å²) in [6, 6.07) is 13.4. The average Bonchev–Trinajstić information content (AvgIpc) is 3.20. The molecule has 2 atom stereocenters. The van der Waals surface area contributed by atoms with E-state index < -0.39 is 0 Å². The van der Waals surface area contributed by atoms with E-state index in [-0.39, 0.29) is 11.8 Å². The molecule has 0 spiro atoms. The van der Waals surface area contributed by atoms with E-state index in [0.717, 1.165) is 6.42 Å². The number of carbonyl (C=O) groups excluding carboxylic acids is 1. The Hall–Kier alpha value is -1.87. The maximum absolute atomic E-state index is 12.1. The van der Waals surface area contributed by atoms with E-state index in [9.17, 15) is 4.79 Å². The van der Waals surface area contributed by atoms with E-state index in [0.29, 0.717) is 16.8 Å². The molecule has 1 aliphatic rings. The average molecular weight is 273 g/mol. The SMILES string of the molecule is O=C(Nc1cc(Cl)ccn1)C1CC1c1ccccc1. The Labute approximate surface area is 116 Å². The van der Waals surface area contributed by atoms with Gasteiger partial charge in [-0.1, -0.05) is 41.9 Å². The summed E-state index contributed by atoms with van der Waals surface area (Å²) in [6.07, 6.45) is 2.48. The van der Waals surface area contributed by atoms with Crippen LogP contribution in [0, 0.1) is 5.92 Å². The predicted octanol–water partition coefficient (Wildman–Crippen LogP) is 3.48. The highest BCUT2D eigenvalue weighted by molar-refractivity contribution is 6.30. The van der Waals surface area contributed by atoms with Crippen molar-refractivity contribution in [3.05, 3.63) is 59.2 Å². The maximum Gasteiger partial charge on any atom is 0.229 e. The molecule has 4 heteroatoms. The summed E-state index contributed by atoms with van der Waals surface area (Å²) in [7, 11) is 0. The number of carbonyl (C=O) groups is 1. The summed E-state index contributed by atoms with van der Waals surface area (Å²) >= 11 is 5.86. The van der Waals surface area contributed by atoms with Gasteiger partial charge in [0.05, 0.1) is 0 Å². The van der Waals surface area contributed by atoms with E-state index in [1.807, 2.05) is 18.2 Å². The van der Waals surface area contributed by atoms with Crippen molar-refractivity contribution in [2.24, 2.45) is 5.92 Å². The molecule has 0 aliphatic heterocycles. The molecule has 2 unspecified atom stereocenters. The van der Waals surface area contributed by atoms with E-state index in [1.165, 1.54) is 5.56 Å². The van der Waals surface area contributed by atoms with Crippen LogP contribution in [0.5, 0.6) is 0 Å². The summed E-state index contributed by atoms with van der Waals surface area (Å²) in [5.41, 5.74) is 1.22. The normalized spacial score (nSPS) is 20.9. The van der Waals surface area contributed by atoms with Crippen LogP contribution >= 0.6 is 11.6 Å². The van der Waals surface area contributed by atoms with Gasteiger partial charge in [-0.05, 0) is 30.0 Å². The van der Waals surface area contributed by atoms with Crippen LogP contribution < -0.4 is 5.32 Å². The van der Waals surface area contributed by atoms with Crippen LogP contribution in [0.4, 0.5) is 5.82 Å². The standard InChI is InChI=1S/C15H13ClN2O/c16-11-6-7-17-14(8-11)18-15(19)13-9-12(13)10-4-2-1-3-5-10/h1-8,12-13H,9H2,(H,17,18,19). The minimum absolute atomic E-state index is 0.0172. The highest BCUT2D eigenvalue weighted by Crippen LogP contribution is 2.47. The lowest BCUT2D eigenvalue weighted by atomic mass is 10.1. The lowest BCUT2D eigenvalue weighted by molar-refractivity contribution is -0.117. The fraction of sp³-hybridized carbons (Fsp3) is 0.200. The summed E-state index contributed by atoms with van der Waals surface area (Å²) < 4.78 is 0. The van der Waals surface area contributed by atoms with E-state index in [1.54, 1.807) is 18.3 Å². The van der Waals surface area contributed by atoms with Crippen LogP contribution in [-0.2, 0) is 4.79 Å². The number of nitrogens with zero attached hydrogens (tertiary/aromatic N) is 1. The number of hydrogen-bond donors (Lipinski definition) is 1. The number of rotatable bonds is 3. The third-order valence-corrected chi connectivity index (χ3v) is 3.56. The monoisotopic (exact) mass is 272 g/mol. The third kappa shape index (κ3) is 2.76. The van der Waals surface area contributed by atoms with Gasteiger partial charge in [-0.2, -0.15) is 0 Å². The Morgan fingerprint density at radius 3 is 2.79 bits per heavy atom. The molecular formula is C15H13ClN2O. The molecule has 1 aromatic heterocycles. The molecule has 1 saturated carbocycles. The Balaban J connectivity index is 1.64. The molecule has 1 aromatic carbocycles. The number of benzene rings is 1. The van der Waals surface area contributed by atoms with E-state index >= 15 is 0 Å². The third-order valence-electron chi connectivity index (χ3n) is 3.33. The highest BCUT2D eigenvalue weighted by Gasteiger charge is 2.43. The minimum Gasteiger partial charge on any atom is -0.310 e. The molecule has 0 bridgehead atoms. The molecule has 0 radical (unpaired) electrons. The number of aromatic nitrogens is 1. The van der Waals surface area contributed by atoms with Crippen molar-refractivity contribution in [3.8, 4) is 0 Å². The zero-order valence-corrected chi connectivity index (χ0v) is 11.0. The quantitative estimate of drug-likeness (QED) is 0.929. The van der Waals surface area contributed by atoms with Gasteiger partial charge in [0.1, 0.15) is 5.82 Å².